The maximum atomic E-state index is 12.2. The highest BCUT2D eigenvalue weighted by Crippen LogP contribution is 2.34. The van der Waals surface area contributed by atoms with Crippen LogP contribution in [0.4, 0.5) is 4.79 Å². The zero-order valence-corrected chi connectivity index (χ0v) is 11.9. The molecule has 1 aromatic carbocycles. The van der Waals surface area contributed by atoms with Crippen LogP contribution in [0.15, 0.2) is 24.3 Å². The Morgan fingerprint density at radius 3 is 2.40 bits per heavy atom. The topological polar surface area (TPSA) is 72.2 Å². The molecule has 1 unspecified atom stereocenters. The molecule has 0 aromatic heterocycles. The lowest BCUT2D eigenvalue weighted by molar-refractivity contribution is -0.121. The van der Waals surface area contributed by atoms with E-state index in [0.29, 0.717) is 5.92 Å². The third-order valence-electron chi connectivity index (χ3n) is 4.09. The quantitative estimate of drug-likeness (QED) is 0.886. The van der Waals surface area contributed by atoms with E-state index in [2.05, 4.69) is 5.32 Å². The molecule has 1 fully saturated rings. The van der Waals surface area contributed by atoms with Crippen molar-refractivity contribution in [2.24, 2.45) is 11.7 Å². The lowest BCUT2D eigenvalue weighted by Crippen LogP contribution is -2.38. The van der Waals surface area contributed by atoms with Crippen LogP contribution in [-0.2, 0) is 4.79 Å². The molecule has 20 heavy (non-hydrogen) atoms. The van der Waals surface area contributed by atoms with Crippen LogP contribution in [0.1, 0.15) is 49.1 Å². The van der Waals surface area contributed by atoms with Crippen LogP contribution in [0, 0.1) is 12.8 Å². The molecule has 3 N–H and O–H groups in total. The number of imide groups is 1. The van der Waals surface area contributed by atoms with Crippen LogP contribution in [-0.4, -0.2) is 11.9 Å². The summed E-state index contributed by atoms with van der Waals surface area (Å²) in [6, 6.07) is 7.15. The first-order valence-electron chi connectivity index (χ1n) is 7.23. The molecule has 4 heteroatoms. The second kappa shape index (κ2) is 6.55. The number of benzene rings is 1. The van der Waals surface area contributed by atoms with Crippen molar-refractivity contribution in [1.82, 2.24) is 5.32 Å². The number of nitrogens with one attached hydrogen (secondary N) is 1. The summed E-state index contributed by atoms with van der Waals surface area (Å²) in [5.41, 5.74) is 7.19. The normalized spacial score (nSPS) is 16.9. The van der Waals surface area contributed by atoms with E-state index in [1.54, 1.807) is 0 Å². The van der Waals surface area contributed by atoms with Gasteiger partial charge in [-0.15, -0.1) is 0 Å². The van der Waals surface area contributed by atoms with E-state index >= 15 is 0 Å². The summed E-state index contributed by atoms with van der Waals surface area (Å²) in [7, 11) is 0. The third kappa shape index (κ3) is 3.83. The van der Waals surface area contributed by atoms with Crippen molar-refractivity contribution in [2.45, 2.75) is 44.9 Å². The van der Waals surface area contributed by atoms with Crippen LogP contribution in [0.25, 0.3) is 0 Å². The van der Waals surface area contributed by atoms with Crippen LogP contribution in [0.5, 0.6) is 0 Å². The van der Waals surface area contributed by atoms with Crippen molar-refractivity contribution in [2.75, 3.05) is 0 Å². The SMILES string of the molecule is Cc1ccc(C(CC2CCCC2)C(=O)NC(N)=O)cc1. The summed E-state index contributed by atoms with van der Waals surface area (Å²) in [5.74, 6) is -0.000572. The minimum Gasteiger partial charge on any atom is -0.351 e. The van der Waals surface area contributed by atoms with Gasteiger partial charge in [-0.25, -0.2) is 4.79 Å². The Hall–Kier alpha value is -1.84. The van der Waals surface area contributed by atoms with Gasteiger partial charge in [-0.2, -0.15) is 0 Å². The highest BCUT2D eigenvalue weighted by Gasteiger charge is 2.27. The van der Waals surface area contributed by atoms with E-state index in [1.807, 2.05) is 31.2 Å². The van der Waals surface area contributed by atoms with E-state index in [4.69, 9.17) is 5.73 Å². The van der Waals surface area contributed by atoms with Gasteiger partial charge in [0.1, 0.15) is 0 Å². The lowest BCUT2D eigenvalue weighted by Gasteiger charge is -2.20. The highest BCUT2D eigenvalue weighted by molar-refractivity contribution is 5.97. The third-order valence-corrected chi connectivity index (χ3v) is 4.09. The molecule has 4 nitrogen and oxygen atoms in total. The summed E-state index contributed by atoms with van der Waals surface area (Å²) >= 11 is 0. The smallest absolute Gasteiger partial charge is 0.318 e. The number of carbonyl (C=O) groups excluding carboxylic acids is 2. The Morgan fingerprint density at radius 1 is 1.25 bits per heavy atom. The summed E-state index contributed by atoms with van der Waals surface area (Å²) < 4.78 is 0. The Morgan fingerprint density at radius 2 is 1.85 bits per heavy atom. The number of rotatable bonds is 4. The standard InChI is InChI=1S/C16H22N2O2/c1-11-6-8-13(9-7-11)14(15(19)18-16(17)20)10-12-4-2-3-5-12/h6-9,12,14H,2-5,10H2,1H3,(H3,17,18,19,20). The average Bonchev–Trinajstić information content (AvgIpc) is 2.89. The van der Waals surface area contributed by atoms with Crippen molar-refractivity contribution >= 4 is 11.9 Å². The second-order valence-electron chi connectivity index (χ2n) is 5.70. The van der Waals surface area contributed by atoms with Gasteiger partial charge in [0.2, 0.25) is 5.91 Å². The average molecular weight is 274 g/mol. The molecule has 0 spiro atoms. The Labute approximate surface area is 119 Å². The molecule has 1 aliphatic carbocycles. The van der Waals surface area contributed by atoms with Crippen LogP contribution in [0.2, 0.25) is 0 Å². The number of nitrogens with two attached hydrogens (primary N) is 1. The summed E-state index contributed by atoms with van der Waals surface area (Å²) in [6.45, 7) is 2.01. The molecule has 0 bridgehead atoms. The fourth-order valence-corrected chi connectivity index (χ4v) is 2.98. The van der Waals surface area contributed by atoms with Gasteiger partial charge >= 0.3 is 6.03 Å². The van der Waals surface area contributed by atoms with Gasteiger partial charge in [-0.3, -0.25) is 10.1 Å². The van der Waals surface area contributed by atoms with E-state index in [1.165, 1.54) is 25.7 Å². The largest absolute Gasteiger partial charge is 0.351 e. The van der Waals surface area contributed by atoms with Gasteiger partial charge in [0.25, 0.3) is 0 Å². The number of hydrogen-bond acceptors (Lipinski definition) is 2. The van der Waals surface area contributed by atoms with Gasteiger partial charge in [0, 0.05) is 0 Å². The van der Waals surface area contributed by atoms with Gasteiger partial charge in [-0.05, 0) is 24.8 Å². The molecular weight excluding hydrogens is 252 g/mol. The van der Waals surface area contributed by atoms with Crippen LogP contribution in [0.3, 0.4) is 0 Å². The molecule has 0 saturated heterocycles. The van der Waals surface area contributed by atoms with E-state index in [9.17, 15) is 9.59 Å². The fraction of sp³-hybridized carbons (Fsp3) is 0.500. The first-order chi connectivity index (χ1) is 9.56. The first-order valence-corrected chi connectivity index (χ1v) is 7.23. The zero-order valence-electron chi connectivity index (χ0n) is 11.9. The Balaban J connectivity index is 2.15. The lowest BCUT2D eigenvalue weighted by atomic mass is 9.87. The number of hydrogen-bond donors (Lipinski definition) is 2. The zero-order chi connectivity index (χ0) is 14.5. The van der Waals surface area contributed by atoms with Gasteiger partial charge < -0.3 is 5.73 Å². The molecule has 1 aromatic rings. The van der Waals surface area contributed by atoms with Gasteiger partial charge in [-0.1, -0.05) is 55.5 Å². The minimum absolute atomic E-state index is 0.284. The molecule has 1 atom stereocenters. The molecule has 2 rings (SSSR count). The molecule has 1 aliphatic rings. The maximum Gasteiger partial charge on any atom is 0.318 e. The predicted octanol–water partition coefficient (Wildman–Crippen LogP) is 2.85. The molecule has 3 amide bonds. The van der Waals surface area contributed by atoms with Crippen molar-refractivity contribution in [3.8, 4) is 0 Å². The summed E-state index contributed by atoms with van der Waals surface area (Å²) in [4.78, 5) is 23.1. The van der Waals surface area contributed by atoms with E-state index in [-0.39, 0.29) is 11.8 Å². The fourth-order valence-electron chi connectivity index (χ4n) is 2.98. The maximum absolute atomic E-state index is 12.2. The van der Waals surface area contributed by atoms with Crippen molar-refractivity contribution in [3.63, 3.8) is 0 Å². The number of carbonyl (C=O) groups is 2. The number of aryl methyl sites for hydroxylation is 1. The van der Waals surface area contributed by atoms with Crippen molar-refractivity contribution in [1.29, 1.82) is 0 Å². The number of primary amides is 1. The van der Waals surface area contributed by atoms with Crippen molar-refractivity contribution in [3.05, 3.63) is 35.4 Å². The molecule has 108 valence electrons. The first kappa shape index (κ1) is 14.6. The molecule has 0 radical (unpaired) electrons. The summed E-state index contributed by atoms with van der Waals surface area (Å²) in [6.07, 6.45) is 5.62. The van der Waals surface area contributed by atoms with E-state index in [0.717, 1.165) is 17.5 Å². The summed E-state index contributed by atoms with van der Waals surface area (Å²) in [5, 5.41) is 2.23. The molecule has 1 saturated carbocycles. The minimum atomic E-state index is -0.779. The van der Waals surface area contributed by atoms with Crippen LogP contribution < -0.4 is 11.1 Å². The second-order valence-corrected chi connectivity index (χ2v) is 5.70. The number of amides is 3. The number of urea groups is 1. The monoisotopic (exact) mass is 274 g/mol. The van der Waals surface area contributed by atoms with Gasteiger partial charge in [0.05, 0.1) is 5.92 Å². The Bertz CT molecular complexity index is 476. The van der Waals surface area contributed by atoms with E-state index < -0.39 is 6.03 Å². The Kier molecular flexibility index (Phi) is 4.77. The van der Waals surface area contributed by atoms with Crippen molar-refractivity contribution < 1.29 is 9.59 Å². The highest BCUT2D eigenvalue weighted by atomic mass is 16.2. The molecule has 0 heterocycles. The van der Waals surface area contributed by atoms with Crippen LogP contribution >= 0.6 is 0 Å². The predicted molar refractivity (Wildman–Crippen MR) is 78.2 cm³/mol. The molecule has 0 aliphatic heterocycles. The van der Waals surface area contributed by atoms with Gasteiger partial charge in [0.15, 0.2) is 0 Å². The molecular formula is C16H22N2O2.